The van der Waals surface area contributed by atoms with E-state index >= 15 is 0 Å². The van der Waals surface area contributed by atoms with Crippen molar-refractivity contribution >= 4 is 28.5 Å². The van der Waals surface area contributed by atoms with Crippen molar-refractivity contribution in [2.75, 3.05) is 5.32 Å². The average molecular weight is 336 g/mol. The zero-order chi connectivity index (χ0) is 16.4. The van der Waals surface area contributed by atoms with Crippen LogP contribution in [-0.2, 0) is 0 Å². The Balaban J connectivity index is 1.82. The highest BCUT2D eigenvalue weighted by molar-refractivity contribution is 6.30. The number of hydrogen-bond acceptors (Lipinski definition) is 4. The molecule has 0 aliphatic heterocycles. The van der Waals surface area contributed by atoms with Gasteiger partial charge in [-0.1, -0.05) is 47.1 Å². The lowest BCUT2D eigenvalue weighted by Crippen LogP contribution is -2.21. The Kier molecular flexibility index (Phi) is 3.84. The van der Waals surface area contributed by atoms with Gasteiger partial charge in [0.15, 0.2) is 0 Å². The van der Waals surface area contributed by atoms with Crippen molar-refractivity contribution < 1.29 is 0 Å². The van der Waals surface area contributed by atoms with Crippen LogP contribution in [0.25, 0.3) is 11.0 Å². The predicted molar refractivity (Wildman–Crippen MR) is 95.0 cm³/mol. The summed E-state index contributed by atoms with van der Waals surface area (Å²) in [5.41, 5.74) is 2.81. The quantitative estimate of drug-likeness (QED) is 0.609. The summed E-state index contributed by atoms with van der Waals surface area (Å²) in [4.78, 5) is 4.35. The second kappa shape index (κ2) is 6.29. The molecule has 0 amide bonds. The van der Waals surface area contributed by atoms with Crippen LogP contribution in [0.3, 0.4) is 0 Å². The molecule has 6 heteroatoms. The Hall–Kier alpha value is -2.92. The number of aromatic nitrogens is 4. The minimum atomic E-state index is -0.246. The first-order chi connectivity index (χ1) is 11.8. The summed E-state index contributed by atoms with van der Waals surface area (Å²) in [5.74, 6) is 0.761. The van der Waals surface area contributed by atoms with Crippen LogP contribution in [0.4, 0.5) is 5.82 Å². The molecule has 0 spiro atoms. The third-order valence-electron chi connectivity index (χ3n) is 3.76. The molecule has 2 aromatic heterocycles. The van der Waals surface area contributed by atoms with E-state index in [0.29, 0.717) is 5.02 Å². The number of nitrogens with one attached hydrogen (secondary N) is 1. The van der Waals surface area contributed by atoms with Gasteiger partial charge in [0.05, 0.1) is 5.52 Å². The van der Waals surface area contributed by atoms with E-state index < -0.39 is 0 Å². The van der Waals surface area contributed by atoms with Crippen LogP contribution >= 0.6 is 11.6 Å². The average Bonchev–Trinajstić information content (AvgIpc) is 3.05. The van der Waals surface area contributed by atoms with E-state index in [4.69, 9.17) is 11.6 Å². The monoisotopic (exact) mass is 335 g/mol. The molecule has 0 saturated carbocycles. The summed E-state index contributed by atoms with van der Waals surface area (Å²) in [6.45, 7) is 0. The van der Waals surface area contributed by atoms with Gasteiger partial charge in [-0.25, -0.2) is 9.67 Å². The first-order valence-corrected chi connectivity index (χ1v) is 7.92. The molecule has 118 valence electrons. The Morgan fingerprint density at radius 3 is 2.50 bits per heavy atom. The molecule has 4 aromatic rings. The largest absolute Gasteiger partial charge is 0.345 e. The van der Waals surface area contributed by atoms with E-state index in [1.165, 1.54) is 0 Å². The lowest BCUT2D eigenvalue weighted by Gasteiger charge is -2.20. The van der Waals surface area contributed by atoms with Crippen molar-refractivity contribution in [2.45, 2.75) is 6.17 Å². The Labute approximate surface area is 143 Å². The van der Waals surface area contributed by atoms with E-state index in [1.54, 1.807) is 6.20 Å². The van der Waals surface area contributed by atoms with Crippen LogP contribution in [0, 0.1) is 0 Å². The molecule has 0 aliphatic rings. The van der Waals surface area contributed by atoms with Gasteiger partial charge in [0.25, 0.3) is 0 Å². The molecule has 0 fully saturated rings. The summed E-state index contributed by atoms with van der Waals surface area (Å²) in [6.07, 6.45) is 1.50. The van der Waals surface area contributed by atoms with Gasteiger partial charge in [0, 0.05) is 11.2 Å². The van der Waals surface area contributed by atoms with E-state index in [0.717, 1.165) is 22.4 Å². The Bertz CT molecular complexity index is 950. The molecule has 4 rings (SSSR count). The fourth-order valence-electron chi connectivity index (χ4n) is 2.60. The van der Waals surface area contributed by atoms with Crippen molar-refractivity contribution in [3.05, 3.63) is 83.5 Å². The van der Waals surface area contributed by atoms with Crippen LogP contribution in [0.15, 0.2) is 72.9 Å². The number of fused-ring (bicyclic) bond motifs is 1. The second-order valence-corrected chi connectivity index (χ2v) is 5.77. The van der Waals surface area contributed by atoms with Crippen molar-refractivity contribution in [3.63, 3.8) is 0 Å². The number of nitrogens with zero attached hydrogens (tertiary/aromatic N) is 4. The van der Waals surface area contributed by atoms with Crippen LogP contribution in [0.5, 0.6) is 0 Å². The van der Waals surface area contributed by atoms with Crippen molar-refractivity contribution in [1.29, 1.82) is 0 Å². The van der Waals surface area contributed by atoms with Crippen molar-refractivity contribution in [1.82, 2.24) is 20.0 Å². The Morgan fingerprint density at radius 2 is 1.71 bits per heavy atom. The summed E-state index contributed by atoms with van der Waals surface area (Å²) in [5, 5.41) is 12.7. The minimum absolute atomic E-state index is 0.246. The highest BCUT2D eigenvalue weighted by Crippen LogP contribution is 2.24. The number of pyridine rings is 1. The molecule has 24 heavy (non-hydrogen) atoms. The molecule has 0 bridgehead atoms. The lowest BCUT2D eigenvalue weighted by molar-refractivity contribution is 0.569. The maximum absolute atomic E-state index is 6.03. The molecular formula is C18H14ClN5. The lowest BCUT2D eigenvalue weighted by atomic mass is 10.1. The third kappa shape index (κ3) is 2.81. The highest BCUT2D eigenvalue weighted by Gasteiger charge is 2.18. The summed E-state index contributed by atoms with van der Waals surface area (Å²) >= 11 is 6.03. The molecule has 0 aliphatic carbocycles. The van der Waals surface area contributed by atoms with E-state index in [2.05, 4.69) is 20.6 Å². The molecule has 1 N–H and O–H groups in total. The number of rotatable bonds is 4. The van der Waals surface area contributed by atoms with Crippen LogP contribution in [-0.4, -0.2) is 20.0 Å². The summed E-state index contributed by atoms with van der Waals surface area (Å²) < 4.78 is 1.85. The molecular weight excluding hydrogens is 322 g/mol. The first kappa shape index (κ1) is 14.7. The zero-order valence-corrected chi connectivity index (χ0v) is 13.4. The third-order valence-corrected chi connectivity index (χ3v) is 4.01. The van der Waals surface area contributed by atoms with Crippen LogP contribution in [0.1, 0.15) is 11.7 Å². The number of anilines is 1. The smallest absolute Gasteiger partial charge is 0.150 e. The zero-order valence-electron chi connectivity index (χ0n) is 12.7. The number of halogens is 1. The standard InChI is InChI=1S/C18H14ClN5/c19-14-10-8-13(9-11-14)18(21-17-7-3-4-12-20-17)24-16-6-2-1-5-15(16)22-23-24/h1-12,18H,(H,20,21)/t18-/m0/s1. The summed E-state index contributed by atoms with van der Waals surface area (Å²) in [6, 6.07) is 21.3. The van der Waals surface area contributed by atoms with Gasteiger partial charge >= 0.3 is 0 Å². The van der Waals surface area contributed by atoms with Crippen molar-refractivity contribution in [2.24, 2.45) is 0 Å². The molecule has 5 nitrogen and oxygen atoms in total. The van der Waals surface area contributed by atoms with Gasteiger partial charge in [-0.05, 0) is 42.0 Å². The SMILES string of the molecule is Clc1ccc([C@@H](Nc2ccccn2)n2nnc3ccccc32)cc1. The van der Waals surface area contributed by atoms with E-state index in [9.17, 15) is 0 Å². The molecule has 2 aromatic carbocycles. The second-order valence-electron chi connectivity index (χ2n) is 5.34. The molecule has 0 radical (unpaired) electrons. The molecule has 1 atom stereocenters. The number of para-hydroxylation sites is 1. The summed E-state index contributed by atoms with van der Waals surface area (Å²) in [7, 11) is 0. The fraction of sp³-hybridized carbons (Fsp3) is 0.0556. The number of benzene rings is 2. The minimum Gasteiger partial charge on any atom is -0.345 e. The van der Waals surface area contributed by atoms with Crippen LogP contribution in [0.2, 0.25) is 5.02 Å². The highest BCUT2D eigenvalue weighted by atomic mass is 35.5. The topological polar surface area (TPSA) is 55.6 Å². The van der Waals surface area contributed by atoms with Gasteiger partial charge in [-0.15, -0.1) is 5.10 Å². The first-order valence-electron chi connectivity index (χ1n) is 7.54. The van der Waals surface area contributed by atoms with Gasteiger partial charge in [0.2, 0.25) is 0 Å². The maximum Gasteiger partial charge on any atom is 0.150 e. The molecule has 0 saturated heterocycles. The van der Waals surface area contributed by atoms with Gasteiger partial charge in [0.1, 0.15) is 17.5 Å². The molecule has 0 unspecified atom stereocenters. The van der Waals surface area contributed by atoms with Gasteiger partial charge in [-0.2, -0.15) is 0 Å². The predicted octanol–water partition coefficient (Wildman–Crippen LogP) is 4.14. The van der Waals surface area contributed by atoms with E-state index in [-0.39, 0.29) is 6.17 Å². The van der Waals surface area contributed by atoms with Gasteiger partial charge in [-0.3, -0.25) is 0 Å². The van der Waals surface area contributed by atoms with Crippen LogP contribution < -0.4 is 5.32 Å². The Morgan fingerprint density at radius 1 is 0.917 bits per heavy atom. The normalized spacial score (nSPS) is 12.2. The number of hydrogen-bond donors (Lipinski definition) is 1. The maximum atomic E-state index is 6.03. The molecule has 2 heterocycles. The van der Waals surface area contributed by atoms with Crippen molar-refractivity contribution in [3.8, 4) is 0 Å². The van der Waals surface area contributed by atoms with E-state index in [1.807, 2.05) is 71.4 Å². The van der Waals surface area contributed by atoms with Gasteiger partial charge < -0.3 is 5.32 Å². The fourth-order valence-corrected chi connectivity index (χ4v) is 2.72.